The molecule has 0 aliphatic carbocycles. The van der Waals surface area contributed by atoms with E-state index in [1.165, 1.54) is 0 Å². The summed E-state index contributed by atoms with van der Waals surface area (Å²) in [6.45, 7) is 18.0. The Bertz CT molecular complexity index is 299. The van der Waals surface area contributed by atoms with Crippen molar-refractivity contribution in [3.63, 3.8) is 0 Å². The predicted octanol–water partition coefficient (Wildman–Crippen LogP) is 2.02. The summed E-state index contributed by atoms with van der Waals surface area (Å²) in [4.78, 5) is 12.4. The van der Waals surface area contributed by atoms with Crippen molar-refractivity contribution in [1.82, 2.24) is 0 Å². The van der Waals surface area contributed by atoms with E-state index in [0.29, 0.717) is 0 Å². The van der Waals surface area contributed by atoms with Gasteiger partial charge in [-0.25, -0.2) is 4.79 Å². The van der Waals surface area contributed by atoms with Gasteiger partial charge in [-0.1, -0.05) is 0 Å². The van der Waals surface area contributed by atoms with Gasteiger partial charge in [0.25, 0.3) is 0 Å². The Kier molecular flexibility index (Phi) is 6.62. The molecule has 5 nitrogen and oxygen atoms in total. The first kappa shape index (κ1) is 20.2. The molecule has 0 amide bonds. The zero-order valence-corrected chi connectivity index (χ0v) is 19.5. The van der Waals surface area contributed by atoms with Crippen molar-refractivity contribution in [1.29, 1.82) is 0 Å². The van der Waals surface area contributed by atoms with Gasteiger partial charge in [0.2, 0.25) is 10.5 Å². The van der Waals surface area contributed by atoms with Crippen LogP contribution in [0.1, 0.15) is 0 Å². The van der Waals surface area contributed by atoms with Crippen LogP contribution in [0.4, 0.5) is 0 Å². The van der Waals surface area contributed by atoms with Gasteiger partial charge in [0, 0.05) is 0 Å². The average molecular weight is 355 g/mol. The molecule has 0 spiro atoms. The van der Waals surface area contributed by atoms with Gasteiger partial charge in [-0.05, 0) is 58.9 Å². The molecule has 0 aliphatic rings. The first-order valence-corrected chi connectivity index (χ1v) is 17.8. The first-order chi connectivity index (χ1) is 8.60. The highest BCUT2D eigenvalue weighted by molar-refractivity contribution is 6.72. The molecule has 0 bridgehead atoms. The van der Waals surface area contributed by atoms with Crippen LogP contribution in [-0.4, -0.2) is 47.4 Å². The van der Waals surface area contributed by atoms with E-state index in [9.17, 15) is 4.79 Å². The summed E-state index contributed by atoms with van der Waals surface area (Å²) in [7, 11) is -5.90. The third kappa shape index (κ3) is 7.86. The number of carbonyl (C=O) groups is 1. The quantitative estimate of drug-likeness (QED) is 0.517. The van der Waals surface area contributed by atoms with Crippen molar-refractivity contribution in [2.75, 3.05) is 0 Å². The van der Waals surface area contributed by atoms with Crippen molar-refractivity contribution in [3.05, 3.63) is 0 Å². The summed E-state index contributed by atoms with van der Waals surface area (Å²) in [5.41, 5.74) is 0. The van der Waals surface area contributed by atoms with Crippen molar-refractivity contribution < 1.29 is 22.5 Å². The molecular weight excluding hydrogens is 324 g/mol. The second-order valence-corrected chi connectivity index (χ2v) is 21.4. The lowest BCUT2D eigenvalue weighted by molar-refractivity contribution is -0.265. The smallest absolute Gasteiger partial charge is 0.381 e. The van der Waals surface area contributed by atoms with Crippen LogP contribution >= 0.6 is 0 Å². The standard InChI is InChI=1S/C11H30O5Si4/c1-18(2,3)14-11(10(12)13-17,15-19(4,5)6)16-20(7,8)9/h1-9,17H3. The van der Waals surface area contributed by atoms with Crippen molar-refractivity contribution >= 4 is 41.4 Å². The maximum atomic E-state index is 12.4. The first-order valence-electron chi connectivity index (χ1n) is 6.79. The fourth-order valence-electron chi connectivity index (χ4n) is 1.52. The molecule has 0 radical (unpaired) electrons. The zero-order valence-electron chi connectivity index (χ0n) is 14.5. The molecule has 0 unspecified atom stereocenters. The van der Waals surface area contributed by atoms with Crippen LogP contribution in [0.5, 0.6) is 0 Å². The predicted molar refractivity (Wildman–Crippen MR) is 92.1 cm³/mol. The van der Waals surface area contributed by atoms with E-state index in [1.807, 2.05) is 58.9 Å². The van der Waals surface area contributed by atoms with E-state index in [1.54, 1.807) is 0 Å². The minimum atomic E-state index is -2.06. The Balaban J connectivity index is 5.70. The van der Waals surface area contributed by atoms with Crippen LogP contribution in [0.3, 0.4) is 0 Å². The molecule has 0 saturated carbocycles. The van der Waals surface area contributed by atoms with Gasteiger partial charge in [-0.2, -0.15) is 0 Å². The van der Waals surface area contributed by atoms with Gasteiger partial charge in [-0.15, -0.1) is 0 Å². The summed E-state index contributed by atoms with van der Waals surface area (Å²) in [6.07, 6.45) is 0. The van der Waals surface area contributed by atoms with Crippen molar-refractivity contribution in [2.45, 2.75) is 64.9 Å². The third-order valence-corrected chi connectivity index (χ3v) is 4.77. The molecule has 120 valence electrons. The summed E-state index contributed by atoms with van der Waals surface area (Å²) in [5, 5.41) is 0. The Morgan fingerprint density at radius 1 is 0.750 bits per heavy atom. The Hall–Kier alpha value is 0.218. The summed E-state index contributed by atoms with van der Waals surface area (Å²) < 4.78 is 23.2. The molecule has 0 saturated heterocycles. The van der Waals surface area contributed by atoms with Crippen LogP contribution in [0.2, 0.25) is 58.9 Å². The molecule has 0 fully saturated rings. The summed E-state index contributed by atoms with van der Waals surface area (Å²) in [5.74, 6) is -2.22. The van der Waals surface area contributed by atoms with Crippen LogP contribution in [0.25, 0.3) is 0 Å². The fourth-order valence-corrected chi connectivity index (χ4v) is 4.94. The molecule has 0 N–H and O–H groups in total. The van der Waals surface area contributed by atoms with Crippen LogP contribution in [0, 0.1) is 0 Å². The molecule has 0 rings (SSSR count). The van der Waals surface area contributed by atoms with Crippen LogP contribution < -0.4 is 0 Å². The fraction of sp³-hybridized carbons (Fsp3) is 0.909. The maximum Gasteiger partial charge on any atom is 0.381 e. The largest absolute Gasteiger partial charge is 0.523 e. The lowest BCUT2D eigenvalue weighted by atomic mass is 10.6. The normalized spacial score (nSPS) is 14.4. The van der Waals surface area contributed by atoms with E-state index in [4.69, 9.17) is 17.7 Å². The molecule has 0 heterocycles. The van der Waals surface area contributed by atoms with Gasteiger partial charge >= 0.3 is 11.9 Å². The van der Waals surface area contributed by atoms with Gasteiger partial charge in [0.1, 0.15) is 0 Å². The SMILES string of the molecule is C[Si](C)(C)OC(O[Si](C)(C)C)(O[Si](C)(C)C)C(=O)O[SiH3]. The highest BCUT2D eigenvalue weighted by atomic mass is 28.4. The van der Waals surface area contributed by atoms with Gasteiger partial charge in [0.05, 0.1) is 0 Å². The average Bonchev–Trinajstić information content (AvgIpc) is 2.07. The van der Waals surface area contributed by atoms with Gasteiger partial charge < -0.3 is 17.7 Å². The molecule has 0 aromatic rings. The monoisotopic (exact) mass is 354 g/mol. The molecule has 0 aromatic heterocycles. The van der Waals surface area contributed by atoms with E-state index >= 15 is 0 Å². The van der Waals surface area contributed by atoms with Crippen LogP contribution in [0.15, 0.2) is 0 Å². The second kappa shape index (κ2) is 6.54. The Morgan fingerprint density at radius 2 is 1.00 bits per heavy atom. The minimum Gasteiger partial charge on any atom is -0.523 e. The van der Waals surface area contributed by atoms with E-state index in [0.717, 1.165) is 0 Å². The summed E-state index contributed by atoms with van der Waals surface area (Å²) >= 11 is 0. The molecule has 0 atom stereocenters. The highest BCUT2D eigenvalue weighted by Crippen LogP contribution is 2.30. The highest BCUT2D eigenvalue weighted by Gasteiger charge is 2.52. The number of hydrogen-bond acceptors (Lipinski definition) is 5. The number of carbonyl (C=O) groups excluding carboxylic acids is 1. The minimum absolute atomic E-state index is 0.285. The van der Waals surface area contributed by atoms with Crippen molar-refractivity contribution in [3.8, 4) is 0 Å². The second-order valence-electron chi connectivity index (χ2n) is 7.69. The topological polar surface area (TPSA) is 54.0 Å². The molecule has 0 aliphatic heterocycles. The number of hydrogen-bond donors (Lipinski definition) is 0. The van der Waals surface area contributed by atoms with Crippen molar-refractivity contribution in [2.24, 2.45) is 0 Å². The van der Waals surface area contributed by atoms with E-state index < -0.39 is 36.9 Å². The Labute approximate surface area is 129 Å². The summed E-state index contributed by atoms with van der Waals surface area (Å²) in [6, 6.07) is 0. The number of rotatable bonds is 7. The lowest BCUT2D eigenvalue weighted by Gasteiger charge is -2.42. The molecule has 20 heavy (non-hydrogen) atoms. The maximum absolute atomic E-state index is 12.4. The lowest BCUT2D eigenvalue weighted by Crippen LogP contribution is -2.60. The van der Waals surface area contributed by atoms with Crippen LogP contribution in [-0.2, 0) is 22.5 Å². The zero-order chi connectivity index (χ0) is 16.4. The van der Waals surface area contributed by atoms with Gasteiger partial charge in [-0.3, -0.25) is 0 Å². The Morgan fingerprint density at radius 3 is 1.15 bits per heavy atom. The van der Waals surface area contributed by atoms with E-state index in [2.05, 4.69) is 0 Å². The molecular formula is C11H30O5Si4. The van der Waals surface area contributed by atoms with Gasteiger partial charge in [0.15, 0.2) is 25.0 Å². The molecule has 9 heteroatoms. The van der Waals surface area contributed by atoms with E-state index in [-0.39, 0.29) is 10.5 Å². The molecule has 0 aromatic carbocycles. The third-order valence-electron chi connectivity index (χ3n) is 1.76.